The maximum atomic E-state index is 4.58. The van der Waals surface area contributed by atoms with Gasteiger partial charge in [0.25, 0.3) is 0 Å². The first-order valence-electron chi connectivity index (χ1n) is 26.6. The summed E-state index contributed by atoms with van der Waals surface area (Å²) in [4.78, 5) is 0. The molecule has 0 unspecified atom stereocenters. The molecule has 0 atom stereocenters. The molecular weight excluding hydrogens is 925 g/mol. The van der Waals surface area contributed by atoms with Crippen molar-refractivity contribution in [1.29, 1.82) is 0 Å². The van der Waals surface area contributed by atoms with Gasteiger partial charge >= 0.3 is 0 Å². The zero-order chi connectivity index (χ0) is 51.9. The molecule has 12 aromatic rings. The van der Waals surface area contributed by atoms with Gasteiger partial charge in [0.05, 0.1) is 0 Å². The van der Waals surface area contributed by atoms with Crippen LogP contribution < -0.4 is 0 Å². The number of benzene rings is 12. The van der Waals surface area contributed by atoms with Gasteiger partial charge in [0.2, 0.25) is 0 Å². The lowest BCUT2D eigenvalue weighted by Gasteiger charge is -2.24. The lowest BCUT2D eigenvalue weighted by atomic mass is 9.79. The zero-order valence-electron chi connectivity index (χ0n) is 43.0. The third-order valence-corrected chi connectivity index (χ3v) is 16.4. The SMILES string of the molecule is C=C/C=C\C(=C)c1ccccc1-c1c(C=C)c(C=C)c(-c2ccccc2)c2c1-c1ccc(-c3ccc4c5c(ccc(C)c35)-c3c-4c(-c4ccccc4)c4ccccc4c3-c3ccccc3-c3ccccc3)c3cccc-2c13. The van der Waals surface area contributed by atoms with Crippen LogP contribution >= 0.6 is 0 Å². The third-order valence-electron chi connectivity index (χ3n) is 16.4. The summed E-state index contributed by atoms with van der Waals surface area (Å²) in [6.45, 7) is 19.9. The Bertz CT molecular complexity index is 4540. The van der Waals surface area contributed by atoms with Crippen molar-refractivity contribution in [2.75, 3.05) is 0 Å². The maximum absolute atomic E-state index is 4.58. The largest absolute Gasteiger partial charge is 0.0991 e. The van der Waals surface area contributed by atoms with Gasteiger partial charge in [-0.1, -0.05) is 275 Å². The highest BCUT2D eigenvalue weighted by molar-refractivity contribution is 6.31. The van der Waals surface area contributed by atoms with Crippen LogP contribution in [0.5, 0.6) is 0 Å². The smallest absolute Gasteiger partial charge is 0.000719 e. The van der Waals surface area contributed by atoms with Crippen LogP contribution in [0.1, 0.15) is 22.3 Å². The van der Waals surface area contributed by atoms with Gasteiger partial charge in [-0.3, -0.25) is 0 Å². The molecule has 0 aromatic heterocycles. The summed E-state index contributed by atoms with van der Waals surface area (Å²) >= 11 is 0. The van der Waals surface area contributed by atoms with E-state index in [2.05, 4.69) is 252 Å². The second kappa shape index (κ2) is 18.2. The highest BCUT2D eigenvalue weighted by Crippen LogP contribution is 2.62. The molecular formula is C77H52. The Hall–Kier alpha value is -9.88. The number of hydrogen-bond acceptors (Lipinski definition) is 0. The summed E-state index contributed by atoms with van der Waals surface area (Å²) in [5, 5.41) is 7.55. The Balaban J connectivity index is 1.07. The second-order valence-corrected chi connectivity index (χ2v) is 20.3. The van der Waals surface area contributed by atoms with Crippen LogP contribution in [-0.2, 0) is 0 Å². The zero-order valence-corrected chi connectivity index (χ0v) is 43.0. The summed E-state index contributed by atoms with van der Waals surface area (Å²) in [5.41, 5.74) is 29.7. The molecule has 0 saturated carbocycles. The summed E-state index contributed by atoms with van der Waals surface area (Å²) in [5.74, 6) is 0. The minimum absolute atomic E-state index is 0.911. The van der Waals surface area contributed by atoms with Crippen molar-refractivity contribution < 1.29 is 0 Å². The number of hydrogen-bond donors (Lipinski definition) is 0. The van der Waals surface area contributed by atoms with E-state index in [1.54, 1.807) is 6.08 Å². The topological polar surface area (TPSA) is 0 Å². The van der Waals surface area contributed by atoms with Crippen LogP contribution in [0.4, 0.5) is 0 Å². The molecule has 12 aromatic carbocycles. The standard InChI is InChI=1S/C77H52/c1-6-9-26-47(4)54-33-19-21-35-57(54)71-53(8-3)52(7-2)68(50-29-15-11-16-30-50)74-63-40-25-39-59-56(43-45-64(70(59)63)76(71)74)62-44-46-66-73-65(42-41-48(5)67(62)73)77-72(58-36-22-20-34-55(58)49-27-13-10-14-28-49)61-38-24-23-37-60(61)69(75(66)77)51-31-17-12-18-32-51/h6-46H,1-4H2,5H3/b26-9-. The Labute approximate surface area is 450 Å². The summed E-state index contributed by atoms with van der Waals surface area (Å²) in [6, 6.07) is 80.8. The van der Waals surface area contributed by atoms with Gasteiger partial charge in [-0.25, -0.2) is 0 Å². The van der Waals surface area contributed by atoms with Crippen molar-refractivity contribution in [2.24, 2.45) is 0 Å². The van der Waals surface area contributed by atoms with Crippen LogP contribution in [0.25, 0.3) is 161 Å². The molecule has 0 saturated heterocycles. The fourth-order valence-corrected chi connectivity index (χ4v) is 13.3. The lowest BCUT2D eigenvalue weighted by Crippen LogP contribution is -2.00. The fraction of sp³-hybridized carbons (Fsp3) is 0.0130. The molecule has 0 heterocycles. The molecule has 0 nitrogen and oxygen atoms in total. The monoisotopic (exact) mass is 976 g/mol. The highest BCUT2D eigenvalue weighted by Gasteiger charge is 2.35. The number of allylic oxidation sites excluding steroid dienone is 4. The molecule has 2 aliphatic rings. The molecule has 14 rings (SSSR count). The first kappa shape index (κ1) is 45.7. The van der Waals surface area contributed by atoms with Crippen LogP contribution in [0.15, 0.2) is 263 Å². The molecule has 0 fully saturated rings. The van der Waals surface area contributed by atoms with Crippen molar-refractivity contribution in [2.45, 2.75) is 6.92 Å². The quantitative estimate of drug-likeness (QED) is 0.113. The molecule has 0 radical (unpaired) electrons. The van der Waals surface area contributed by atoms with Crippen molar-refractivity contribution in [3.05, 3.63) is 285 Å². The molecule has 0 amide bonds. The van der Waals surface area contributed by atoms with Gasteiger partial charge in [0.1, 0.15) is 0 Å². The molecule has 0 heteroatoms. The Morgan fingerprint density at radius 3 is 1.44 bits per heavy atom. The average Bonchev–Trinajstić information content (AvgIpc) is 4.22. The first-order valence-corrected chi connectivity index (χ1v) is 26.6. The molecule has 360 valence electrons. The minimum Gasteiger partial charge on any atom is -0.0991 e. The normalized spacial score (nSPS) is 11.9. The number of aryl methyl sites for hydroxylation is 1. The van der Waals surface area contributed by atoms with E-state index in [1.807, 2.05) is 24.3 Å². The number of rotatable bonds is 11. The second-order valence-electron chi connectivity index (χ2n) is 20.3. The first-order chi connectivity index (χ1) is 38.0. The van der Waals surface area contributed by atoms with Gasteiger partial charge < -0.3 is 0 Å². The van der Waals surface area contributed by atoms with Gasteiger partial charge in [-0.2, -0.15) is 0 Å². The molecule has 0 bridgehead atoms. The van der Waals surface area contributed by atoms with Crippen molar-refractivity contribution in [1.82, 2.24) is 0 Å². The summed E-state index contributed by atoms with van der Waals surface area (Å²) in [6.07, 6.45) is 9.85. The van der Waals surface area contributed by atoms with Gasteiger partial charge in [-0.05, 0) is 178 Å². The van der Waals surface area contributed by atoms with Gasteiger partial charge in [0, 0.05) is 0 Å². The molecule has 0 spiro atoms. The maximum Gasteiger partial charge on any atom is -0.000719 e. The van der Waals surface area contributed by atoms with Crippen molar-refractivity contribution >= 4 is 50.0 Å². The molecule has 0 N–H and O–H groups in total. The van der Waals surface area contributed by atoms with Crippen LogP contribution in [0.3, 0.4) is 0 Å². The Morgan fingerprint density at radius 2 is 0.766 bits per heavy atom. The molecule has 77 heavy (non-hydrogen) atoms. The summed E-state index contributed by atoms with van der Waals surface area (Å²) in [7, 11) is 0. The highest BCUT2D eigenvalue weighted by atomic mass is 14.4. The average molecular weight is 977 g/mol. The van der Waals surface area contributed by atoms with Gasteiger partial charge in [0.15, 0.2) is 0 Å². The van der Waals surface area contributed by atoms with Crippen LogP contribution in [0, 0.1) is 6.92 Å². The van der Waals surface area contributed by atoms with E-state index < -0.39 is 0 Å². The predicted octanol–water partition coefficient (Wildman–Crippen LogP) is 21.8. The van der Waals surface area contributed by atoms with Crippen molar-refractivity contribution in [3.63, 3.8) is 0 Å². The van der Waals surface area contributed by atoms with Gasteiger partial charge in [-0.15, -0.1) is 0 Å². The van der Waals surface area contributed by atoms with E-state index in [4.69, 9.17) is 0 Å². The number of fused-ring (bicyclic) bond motifs is 7. The lowest BCUT2D eigenvalue weighted by molar-refractivity contribution is 1.53. The van der Waals surface area contributed by atoms with Crippen LogP contribution in [0.2, 0.25) is 0 Å². The fourth-order valence-electron chi connectivity index (χ4n) is 13.3. The van der Waals surface area contributed by atoms with E-state index in [0.717, 1.165) is 44.5 Å². The third kappa shape index (κ3) is 6.79. The van der Waals surface area contributed by atoms with E-state index in [9.17, 15) is 0 Å². The summed E-state index contributed by atoms with van der Waals surface area (Å²) < 4.78 is 0. The molecule has 2 aliphatic carbocycles. The van der Waals surface area contributed by atoms with Crippen molar-refractivity contribution in [3.8, 4) is 111 Å². The van der Waals surface area contributed by atoms with E-state index >= 15 is 0 Å². The van der Waals surface area contributed by atoms with E-state index in [-0.39, 0.29) is 0 Å². The van der Waals surface area contributed by atoms with Crippen LogP contribution in [-0.4, -0.2) is 0 Å². The van der Waals surface area contributed by atoms with E-state index in [1.165, 1.54) is 127 Å². The Morgan fingerprint density at radius 1 is 0.312 bits per heavy atom. The minimum atomic E-state index is 0.911. The molecule has 0 aliphatic heterocycles. The Kier molecular flexibility index (Phi) is 10.8. The van der Waals surface area contributed by atoms with E-state index in [0.29, 0.717) is 0 Å². The predicted molar refractivity (Wildman–Crippen MR) is 334 cm³/mol.